The number of aryl methyl sites for hydroxylation is 1. The number of hydrogen-bond acceptors (Lipinski definition) is 4. The molecule has 6 nitrogen and oxygen atoms in total. The number of nitro groups is 1. The second-order valence-electron chi connectivity index (χ2n) is 4.22. The summed E-state index contributed by atoms with van der Waals surface area (Å²) in [6, 6.07) is 12.3. The standard InChI is InChI=1S/C13H10N4O2/c1-9-4-2-3-5-12(9)16-13-7-6-10(17(18)19)8-11(13)14-15-16/h2-8H,1H3. The van der Waals surface area contributed by atoms with Gasteiger partial charge in [0.2, 0.25) is 0 Å². The van der Waals surface area contributed by atoms with Gasteiger partial charge in [-0.2, -0.15) is 0 Å². The maximum atomic E-state index is 10.7. The molecule has 0 amide bonds. The molecule has 1 aromatic heterocycles. The van der Waals surface area contributed by atoms with Crippen LogP contribution in [0.25, 0.3) is 16.7 Å². The summed E-state index contributed by atoms with van der Waals surface area (Å²) in [6.45, 7) is 1.98. The summed E-state index contributed by atoms with van der Waals surface area (Å²) in [7, 11) is 0. The molecule has 0 N–H and O–H groups in total. The van der Waals surface area contributed by atoms with Crippen molar-refractivity contribution in [1.82, 2.24) is 15.0 Å². The first-order valence-corrected chi connectivity index (χ1v) is 5.72. The molecule has 0 atom stereocenters. The zero-order chi connectivity index (χ0) is 13.4. The average molecular weight is 254 g/mol. The second-order valence-corrected chi connectivity index (χ2v) is 4.22. The van der Waals surface area contributed by atoms with Crippen LogP contribution in [-0.4, -0.2) is 19.9 Å². The molecule has 3 rings (SSSR count). The predicted octanol–water partition coefficient (Wildman–Crippen LogP) is 2.64. The number of rotatable bonds is 2. The highest BCUT2D eigenvalue weighted by molar-refractivity contribution is 5.78. The Morgan fingerprint density at radius 2 is 2.00 bits per heavy atom. The van der Waals surface area contributed by atoms with Crippen molar-refractivity contribution >= 4 is 16.7 Å². The van der Waals surface area contributed by atoms with Crippen molar-refractivity contribution in [2.45, 2.75) is 6.92 Å². The predicted molar refractivity (Wildman–Crippen MR) is 70.3 cm³/mol. The fourth-order valence-corrected chi connectivity index (χ4v) is 2.00. The molecule has 0 saturated carbocycles. The van der Waals surface area contributed by atoms with E-state index in [-0.39, 0.29) is 5.69 Å². The normalized spacial score (nSPS) is 10.8. The first-order chi connectivity index (χ1) is 9.16. The fraction of sp³-hybridized carbons (Fsp3) is 0.0769. The van der Waals surface area contributed by atoms with Crippen LogP contribution < -0.4 is 0 Å². The molecular weight excluding hydrogens is 244 g/mol. The first-order valence-electron chi connectivity index (χ1n) is 5.72. The lowest BCUT2D eigenvalue weighted by molar-refractivity contribution is -0.384. The van der Waals surface area contributed by atoms with Gasteiger partial charge < -0.3 is 0 Å². The largest absolute Gasteiger partial charge is 0.271 e. The van der Waals surface area contributed by atoms with Crippen molar-refractivity contribution < 1.29 is 4.92 Å². The van der Waals surface area contributed by atoms with Gasteiger partial charge in [-0.05, 0) is 24.6 Å². The van der Waals surface area contributed by atoms with Crippen LogP contribution in [0.15, 0.2) is 42.5 Å². The minimum Gasteiger partial charge on any atom is -0.258 e. The molecule has 2 aromatic carbocycles. The number of non-ortho nitro benzene ring substituents is 1. The van der Waals surface area contributed by atoms with Crippen LogP contribution in [0.4, 0.5) is 5.69 Å². The smallest absolute Gasteiger partial charge is 0.258 e. The van der Waals surface area contributed by atoms with E-state index in [0.29, 0.717) is 5.52 Å². The number of nitro benzene ring substituents is 1. The minimum absolute atomic E-state index is 0.0179. The van der Waals surface area contributed by atoms with E-state index in [1.54, 1.807) is 10.7 Å². The van der Waals surface area contributed by atoms with Crippen molar-refractivity contribution in [1.29, 1.82) is 0 Å². The Morgan fingerprint density at radius 3 is 2.74 bits per heavy atom. The molecule has 0 spiro atoms. The zero-order valence-corrected chi connectivity index (χ0v) is 10.1. The molecule has 0 aliphatic carbocycles. The van der Waals surface area contributed by atoms with Crippen LogP contribution in [0.1, 0.15) is 5.56 Å². The van der Waals surface area contributed by atoms with Crippen molar-refractivity contribution in [2.24, 2.45) is 0 Å². The Hall–Kier alpha value is -2.76. The Labute approximate surface area is 108 Å². The fourth-order valence-electron chi connectivity index (χ4n) is 2.00. The third kappa shape index (κ3) is 1.83. The Bertz CT molecular complexity index is 779. The van der Waals surface area contributed by atoms with Gasteiger partial charge in [0.1, 0.15) is 5.52 Å². The van der Waals surface area contributed by atoms with Crippen molar-refractivity contribution in [3.63, 3.8) is 0 Å². The third-order valence-corrected chi connectivity index (χ3v) is 2.98. The number of para-hydroxylation sites is 1. The molecule has 0 unspecified atom stereocenters. The van der Waals surface area contributed by atoms with E-state index in [2.05, 4.69) is 10.3 Å². The lowest BCUT2D eigenvalue weighted by Crippen LogP contribution is -1.98. The Morgan fingerprint density at radius 1 is 1.21 bits per heavy atom. The topological polar surface area (TPSA) is 73.8 Å². The molecule has 6 heteroatoms. The van der Waals surface area contributed by atoms with Gasteiger partial charge in [-0.25, -0.2) is 4.68 Å². The highest BCUT2D eigenvalue weighted by atomic mass is 16.6. The van der Waals surface area contributed by atoms with Crippen LogP contribution in [0, 0.1) is 17.0 Å². The van der Waals surface area contributed by atoms with E-state index in [1.807, 2.05) is 31.2 Å². The van der Waals surface area contributed by atoms with E-state index in [1.165, 1.54) is 12.1 Å². The second kappa shape index (κ2) is 4.16. The molecule has 0 aliphatic heterocycles. The zero-order valence-electron chi connectivity index (χ0n) is 10.1. The molecule has 1 heterocycles. The van der Waals surface area contributed by atoms with E-state index < -0.39 is 4.92 Å². The summed E-state index contributed by atoms with van der Waals surface area (Å²) in [5.41, 5.74) is 3.26. The molecule has 0 fully saturated rings. The minimum atomic E-state index is -0.438. The van der Waals surface area contributed by atoms with E-state index in [0.717, 1.165) is 16.8 Å². The van der Waals surface area contributed by atoms with E-state index >= 15 is 0 Å². The van der Waals surface area contributed by atoms with Gasteiger partial charge in [0, 0.05) is 12.1 Å². The third-order valence-electron chi connectivity index (χ3n) is 2.98. The quantitative estimate of drug-likeness (QED) is 0.520. The van der Waals surface area contributed by atoms with Gasteiger partial charge in [-0.1, -0.05) is 23.4 Å². The lowest BCUT2D eigenvalue weighted by Gasteiger charge is -2.05. The van der Waals surface area contributed by atoms with E-state index in [4.69, 9.17) is 0 Å². The van der Waals surface area contributed by atoms with Crippen LogP contribution in [0.2, 0.25) is 0 Å². The van der Waals surface area contributed by atoms with Gasteiger partial charge in [-0.3, -0.25) is 10.1 Å². The van der Waals surface area contributed by atoms with Crippen LogP contribution in [0.3, 0.4) is 0 Å². The molecule has 0 saturated heterocycles. The van der Waals surface area contributed by atoms with Crippen molar-refractivity contribution in [2.75, 3.05) is 0 Å². The number of aromatic nitrogens is 3. The number of benzene rings is 2. The number of hydrogen-bond donors (Lipinski definition) is 0. The van der Waals surface area contributed by atoms with Gasteiger partial charge in [0.15, 0.2) is 0 Å². The van der Waals surface area contributed by atoms with E-state index in [9.17, 15) is 10.1 Å². The van der Waals surface area contributed by atoms with Crippen LogP contribution in [0.5, 0.6) is 0 Å². The Balaban J connectivity index is 2.22. The highest BCUT2D eigenvalue weighted by Gasteiger charge is 2.12. The highest BCUT2D eigenvalue weighted by Crippen LogP contribution is 2.22. The number of nitrogens with zero attached hydrogens (tertiary/aromatic N) is 4. The summed E-state index contributed by atoms with van der Waals surface area (Å²) in [5, 5.41) is 18.8. The van der Waals surface area contributed by atoms with Gasteiger partial charge in [0.05, 0.1) is 16.1 Å². The summed E-state index contributed by atoms with van der Waals surface area (Å²) >= 11 is 0. The maximum absolute atomic E-state index is 10.7. The summed E-state index contributed by atoms with van der Waals surface area (Å²) < 4.78 is 1.69. The lowest BCUT2D eigenvalue weighted by atomic mass is 10.2. The van der Waals surface area contributed by atoms with Crippen LogP contribution >= 0.6 is 0 Å². The first kappa shape index (κ1) is 11.3. The van der Waals surface area contributed by atoms with Gasteiger partial charge >= 0.3 is 0 Å². The monoisotopic (exact) mass is 254 g/mol. The van der Waals surface area contributed by atoms with Crippen LogP contribution in [-0.2, 0) is 0 Å². The average Bonchev–Trinajstić information content (AvgIpc) is 2.82. The molecule has 94 valence electrons. The molecule has 3 aromatic rings. The van der Waals surface area contributed by atoms with Gasteiger partial charge in [-0.15, -0.1) is 5.10 Å². The molecule has 0 bridgehead atoms. The number of fused-ring (bicyclic) bond motifs is 1. The van der Waals surface area contributed by atoms with Crippen molar-refractivity contribution in [3.8, 4) is 5.69 Å². The summed E-state index contributed by atoms with van der Waals surface area (Å²) in [5.74, 6) is 0. The van der Waals surface area contributed by atoms with Gasteiger partial charge in [0.25, 0.3) is 5.69 Å². The molecular formula is C13H10N4O2. The molecule has 19 heavy (non-hydrogen) atoms. The van der Waals surface area contributed by atoms with Crippen molar-refractivity contribution in [3.05, 3.63) is 58.1 Å². The summed E-state index contributed by atoms with van der Waals surface area (Å²) in [6.07, 6.45) is 0. The Kier molecular flexibility index (Phi) is 2.49. The maximum Gasteiger partial charge on any atom is 0.271 e. The SMILES string of the molecule is Cc1ccccc1-n1nnc2cc([N+](=O)[O-])ccc21. The summed E-state index contributed by atoms with van der Waals surface area (Å²) in [4.78, 5) is 10.3. The molecule has 0 aliphatic rings. The molecule has 0 radical (unpaired) electrons.